The number of hydrogen-bond acceptors (Lipinski definition) is 6. The minimum absolute atomic E-state index is 0.0173. The lowest BCUT2D eigenvalue weighted by Crippen LogP contribution is -2.31. The number of nitrogens with two attached hydrogens (primary N) is 1. The summed E-state index contributed by atoms with van der Waals surface area (Å²) in [6.07, 6.45) is 2.57. The van der Waals surface area contributed by atoms with Crippen LogP contribution in [0, 0.1) is 0 Å². The fourth-order valence-corrected chi connectivity index (χ4v) is 3.81. The number of pyridine rings is 1. The van der Waals surface area contributed by atoms with Crippen LogP contribution < -0.4 is 16.0 Å². The van der Waals surface area contributed by atoms with Crippen LogP contribution in [0.2, 0.25) is 0 Å². The summed E-state index contributed by atoms with van der Waals surface area (Å²) >= 11 is 1.59. The lowest BCUT2D eigenvalue weighted by atomic mass is 9.94. The number of nitrogen functional groups attached to an aromatic ring is 1. The van der Waals surface area contributed by atoms with Gasteiger partial charge in [-0.05, 0) is 29.7 Å². The number of carbonyl (C=O) groups is 1. The largest absolute Gasteiger partial charge is 0.383 e. The molecule has 1 aliphatic heterocycles. The minimum atomic E-state index is -0.0173. The number of carbonyl (C=O) groups excluding carboxylic acids is 1. The lowest BCUT2D eigenvalue weighted by Gasteiger charge is -2.17. The van der Waals surface area contributed by atoms with Gasteiger partial charge in [0.2, 0.25) is 0 Å². The van der Waals surface area contributed by atoms with Crippen molar-refractivity contribution >= 4 is 28.2 Å². The summed E-state index contributed by atoms with van der Waals surface area (Å²) in [6.45, 7) is 0.662. The summed E-state index contributed by atoms with van der Waals surface area (Å²) in [6, 6.07) is 7.84. The highest BCUT2D eigenvalue weighted by molar-refractivity contribution is 7.14. The molecule has 0 fully saturated rings. The number of hydrogen-bond donors (Lipinski definition) is 2. The molecule has 3 heterocycles. The molecule has 0 saturated carbocycles. The van der Waals surface area contributed by atoms with E-state index in [1.807, 2.05) is 48.6 Å². The Kier molecular flexibility index (Phi) is 4.08. The summed E-state index contributed by atoms with van der Waals surface area (Å²) < 4.78 is 0. The minimum Gasteiger partial charge on any atom is -0.383 e. The van der Waals surface area contributed by atoms with E-state index in [4.69, 9.17) is 5.73 Å². The van der Waals surface area contributed by atoms with Crippen LogP contribution in [-0.2, 0) is 6.42 Å². The predicted octanol–water partition coefficient (Wildman–Crippen LogP) is 2.81. The van der Waals surface area contributed by atoms with E-state index in [9.17, 15) is 4.79 Å². The molecule has 0 saturated heterocycles. The van der Waals surface area contributed by atoms with Crippen LogP contribution in [0.25, 0.3) is 22.4 Å². The highest BCUT2D eigenvalue weighted by Gasteiger charge is 2.18. The van der Waals surface area contributed by atoms with Crippen LogP contribution in [0.5, 0.6) is 0 Å². The number of nitrogens with zero attached hydrogens (tertiary/aromatic N) is 3. The second kappa shape index (κ2) is 6.42. The van der Waals surface area contributed by atoms with E-state index in [0.29, 0.717) is 12.4 Å². The summed E-state index contributed by atoms with van der Waals surface area (Å²) in [5, 5.41) is 5.82. The van der Waals surface area contributed by atoms with E-state index in [1.165, 1.54) is 0 Å². The maximum absolute atomic E-state index is 11.9. The molecule has 0 unspecified atom stereocenters. The van der Waals surface area contributed by atoms with Gasteiger partial charge in [0, 0.05) is 48.9 Å². The Hall–Kier alpha value is -2.93. The molecule has 0 radical (unpaired) electrons. The molecule has 0 bridgehead atoms. The van der Waals surface area contributed by atoms with Gasteiger partial charge >= 0.3 is 0 Å². The number of aromatic nitrogens is 2. The fraction of sp³-hybridized carbons (Fsp3) is 0.211. The second-order valence-corrected chi connectivity index (χ2v) is 7.28. The maximum Gasteiger partial charge on any atom is 0.251 e. The van der Waals surface area contributed by atoms with Crippen LogP contribution >= 0.6 is 11.3 Å². The average Bonchev–Trinajstić information content (AvgIpc) is 3.12. The Balaban J connectivity index is 1.76. The van der Waals surface area contributed by atoms with E-state index in [1.54, 1.807) is 17.5 Å². The van der Waals surface area contributed by atoms with Gasteiger partial charge in [0.1, 0.15) is 5.82 Å². The first-order chi connectivity index (χ1) is 12.5. The number of nitrogens with one attached hydrogen (secondary N) is 1. The van der Waals surface area contributed by atoms with Crippen molar-refractivity contribution in [2.45, 2.75) is 6.42 Å². The molecule has 3 aromatic rings. The Morgan fingerprint density at radius 1 is 1.19 bits per heavy atom. The first-order valence-corrected chi connectivity index (χ1v) is 9.21. The number of anilines is 2. The fourth-order valence-electron chi connectivity index (χ4n) is 3.04. The molecular weight excluding hydrogens is 346 g/mol. The van der Waals surface area contributed by atoms with Gasteiger partial charge in [-0.3, -0.25) is 4.79 Å². The third-order valence-corrected chi connectivity index (χ3v) is 5.44. The Morgan fingerprint density at radius 3 is 2.81 bits per heavy atom. The van der Waals surface area contributed by atoms with Crippen LogP contribution in [0.4, 0.5) is 10.9 Å². The summed E-state index contributed by atoms with van der Waals surface area (Å²) in [5.74, 6) is 0.452. The molecule has 0 spiro atoms. The van der Waals surface area contributed by atoms with Gasteiger partial charge in [-0.15, -0.1) is 11.3 Å². The molecule has 0 atom stereocenters. The van der Waals surface area contributed by atoms with Crippen molar-refractivity contribution in [2.75, 3.05) is 31.3 Å². The Labute approximate surface area is 155 Å². The third kappa shape index (κ3) is 2.90. The van der Waals surface area contributed by atoms with Gasteiger partial charge in [-0.25, -0.2) is 9.97 Å². The van der Waals surface area contributed by atoms with Gasteiger partial charge in [-0.2, -0.15) is 0 Å². The molecule has 0 aliphatic carbocycles. The number of rotatable bonds is 3. The quantitative estimate of drug-likeness (QED) is 0.746. The molecule has 2 aromatic heterocycles. The predicted molar refractivity (Wildman–Crippen MR) is 106 cm³/mol. The number of amides is 1. The molecule has 4 rings (SSSR count). The molecule has 6 nitrogen and oxygen atoms in total. The highest BCUT2D eigenvalue weighted by Crippen LogP contribution is 2.33. The molecule has 132 valence electrons. The van der Waals surface area contributed by atoms with Crippen molar-refractivity contribution in [1.82, 2.24) is 15.3 Å². The van der Waals surface area contributed by atoms with Crippen molar-refractivity contribution in [3.63, 3.8) is 0 Å². The van der Waals surface area contributed by atoms with E-state index in [0.717, 1.165) is 45.1 Å². The second-order valence-electron chi connectivity index (χ2n) is 6.44. The van der Waals surface area contributed by atoms with Crippen LogP contribution in [0.15, 0.2) is 35.8 Å². The van der Waals surface area contributed by atoms with Gasteiger partial charge < -0.3 is 16.0 Å². The SMILES string of the molecule is CN(C)c1nc(-c2cnc(N)c(-c3ccc4c(c3)CCNC4=O)c2)cs1. The van der Waals surface area contributed by atoms with Crippen molar-refractivity contribution in [3.8, 4) is 22.4 Å². The van der Waals surface area contributed by atoms with E-state index in [-0.39, 0.29) is 5.91 Å². The molecule has 3 N–H and O–H groups in total. The lowest BCUT2D eigenvalue weighted by molar-refractivity contribution is 0.0946. The Bertz CT molecular complexity index is 995. The van der Waals surface area contributed by atoms with E-state index >= 15 is 0 Å². The molecular formula is C19H19N5OS. The van der Waals surface area contributed by atoms with E-state index < -0.39 is 0 Å². The summed E-state index contributed by atoms with van der Waals surface area (Å²) in [5.41, 5.74) is 11.5. The van der Waals surface area contributed by atoms with Crippen molar-refractivity contribution in [2.24, 2.45) is 0 Å². The zero-order valence-corrected chi connectivity index (χ0v) is 15.4. The number of benzene rings is 1. The summed E-state index contributed by atoms with van der Waals surface area (Å²) in [7, 11) is 3.94. The smallest absolute Gasteiger partial charge is 0.251 e. The third-order valence-electron chi connectivity index (χ3n) is 4.43. The number of fused-ring (bicyclic) bond motifs is 1. The first-order valence-electron chi connectivity index (χ1n) is 8.33. The maximum atomic E-state index is 11.9. The van der Waals surface area contributed by atoms with Crippen molar-refractivity contribution in [3.05, 3.63) is 47.0 Å². The van der Waals surface area contributed by atoms with Crippen molar-refractivity contribution < 1.29 is 4.79 Å². The first kappa shape index (κ1) is 16.5. The van der Waals surface area contributed by atoms with Crippen LogP contribution in [0.1, 0.15) is 15.9 Å². The highest BCUT2D eigenvalue weighted by atomic mass is 32.1. The monoisotopic (exact) mass is 365 g/mol. The van der Waals surface area contributed by atoms with Gasteiger partial charge in [-0.1, -0.05) is 12.1 Å². The standard InChI is InChI=1S/C19H19N5OS/c1-24(2)19-23-16(10-26-19)13-8-15(17(20)22-9-13)11-3-4-14-12(7-11)5-6-21-18(14)25/h3-4,7-10H,5-6H2,1-2H3,(H2,20,22)(H,21,25). The van der Waals surface area contributed by atoms with Crippen LogP contribution in [-0.4, -0.2) is 36.5 Å². The zero-order chi connectivity index (χ0) is 18.3. The summed E-state index contributed by atoms with van der Waals surface area (Å²) in [4.78, 5) is 22.9. The zero-order valence-electron chi connectivity index (χ0n) is 14.6. The molecule has 1 aromatic carbocycles. The van der Waals surface area contributed by atoms with Gasteiger partial charge in [0.05, 0.1) is 5.69 Å². The topological polar surface area (TPSA) is 84.1 Å². The van der Waals surface area contributed by atoms with E-state index in [2.05, 4.69) is 15.3 Å². The molecule has 1 aliphatic rings. The average molecular weight is 365 g/mol. The normalized spacial score (nSPS) is 13.2. The molecule has 26 heavy (non-hydrogen) atoms. The van der Waals surface area contributed by atoms with Gasteiger partial charge in [0.15, 0.2) is 5.13 Å². The molecule has 7 heteroatoms. The molecule has 1 amide bonds. The van der Waals surface area contributed by atoms with Gasteiger partial charge in [0.25, 0.3) is 5.91 Å². The van der Waals surface area contributed by atoms with Crippen LogP contribution in [0.3, 0.4) is 0 Å². The number of thiazole rings is 1. The Morgan fingerprint density at radius 2 is 2.04 bits per heavy atom. The van der Waals surface area contributed by atoms with Crippen molar-refractivity contribution in [1.29, 1.82) is 0 Å².